The summed E-state index contributed by atoms with van der Waals surface area (Å²) >= 11 is 0. The summed E-state index contributed by atoms with van der Waals surface area (Å²) in [6.45, 7) is 2.93. The van der Waals surface area contributed by atoms with Gasteiger partial charge in [0, 0.05) is 31.7 Å². The molecule has 1 heterocycles. The summed E-state index contributed by atoms with van der Waals surface area (Å²) in [7, 11) is 0. The lowest BCUT2D eigenvalue weighted by Crippen LogP contribution is -2.38. The van der Waals surface area contributed by atoms with Crippen LogP contribution in [0, 0.1) is 0 Å². The number of rotatable bonds is 5. The van der Waals surface area contributed by atoms with Gasteiger partial charge in [0.1, 0.15) is 0 Å². The maximum Gasteiger partial charge on any atom is 0.224 e. The molecular formula is C11H22N2O2. The Morgan fingerprint density at radius 2 is 2.40 bits per heavy atom. The van der Waals surface area contributed by atoms with E-state index in [1.165, 1.54) is 0 Å². The van der Waals surface area contributed by atoms with E-state index in [1.807, 2.05) is 11.8 Å². The Bertz CT molecular complexity index is 207. The summed E-state index contributed by atoms with van der Waals surface area (Å²) in [6, 6.07) is 0.278. The normalized spacial score (nSPS) is 23.1. The standard InChI is InChI=1S/C11H22N2O2/c1-9(12)8-11(15)13-6-2-4-10(13)5-3-7-14/h9-10,14H,2-8,12H2,1H3. The van der Waals surface area contributed by atoms with Crippen LogP contribution < -0.4 is 5.73 Å². The van der Waals surface area contributed by atoms with E-state index in [2.05, 4.69) is 0 Å². The summed E-state index contributed by atoms with van der Waals surface area (Å²) in [5, 5.41) is 8.77. The summed E-state index contributed by atoms with van der Waals surface area (Å²) in [5.74, 6) is 0.172. The quantitative estimate of drug-likeness (QED) is 0.700. The molecule has 1 fully saturated rings. The monoisotopic (exact) mass is 214 g/mol. The van der Waals surface area contributed by atoms with Gasteiger partial charge in [-0.2, -0.15) is 0 Å². The van der Waals surface area contributed by atoms with Crippen molar-refractivity contribution in [3.8, 4) is 0 Å². The molecule has 88 valence electrons. The molecule has 0 aliphatic carbocycles. The minimum atomic E-state index is -0.0587. The van der Waals surface area contributed by atoms with Gasteiger partial charge < -0.3 is 15.7 Å². The van der Waals surface area contributed by atoms with Crippen LogP contribution in [0.15, 0.2) is 0 Å². The summed E-state index contributed by atoms with van der Waals surface area (Å²) in [5.41, 5.74) is 5.62. The zero-order chi connectivity index (χ0) is 11.3. The van der Waals surface area contributed by atoms with E-state index < -0.39 is 0 Å². The Labute approximate surface area is 91.4 Å². The smallest absolute Gasteiger partial charge is 0.224 e. The molecule has 15 heavy (non-hydrogen) atoms. The Morgan fingerprint density at radius 1 is 1.67 bits per heavy atom. The molecule has 1 amide bonds. The summed E-state index contributed by atoms with van der Waals surface area (Å²) in [6.07, 6.45) is 4.30. The molecule has 0 aromatic heterocycles. The van der Waals surface area contributed by atoms with Crippen molar-refractivity contribution in [3.63, 3.8) is 0 Å². The van der Waals surface area contributed by atoms with Crippen molar-refractivity contribution >= 4 is 5.91 Å². The largest absolute Gasteiger partial charge is 0.396 e. The molecule has 0 aromatic rings. The van der Waals surface area contributed by atoms with Crippen LogP contribution in [0.1, 0.15) is 39.0 Å². The van der Waals surface area contributed by atoms with Crippen molar-refractivity contribution in [2.24, 2.45) is 5.73 Å². The molecule has 0 aromatic carbocycles. The van der Waals surface area contributed by atoms with Crippen molar-refractivity contribution in [2.75, 3.05) is 13.2 Å². The molecule has 2 unspecified atom stereocenters. The zero-order valence-corrected chi connectivity index (χ0v) is 9.48. The predicted octanol–water partition coefficient (Wildman–Crippen LogP) is 0.487. The van der Waals surface area contributed by atoms with Crippen LogP contribution in [0.25, 0.3) is 0 Å². The highest BCUT2D eigenvalue weighted by molar-refractivity contribution is 5.77. The van der Waals surface area contributed by atoms with E-state index in [0.717, 1.165) is 32.2 Å². The van der Waals surface area contributed by atoms with Crippen LogP contribution in [0.3, 0.4) is 0 Å². The summed E-state index contributed by atoms with van der Waals surface area (Å²) < 4.78 is 0. The van der Waals surface area contributed by atoms with Gasteiger partial charge >= 0.3 is 0 Å². The molecule has 4 heteroatoms. The molecule has 4 nitrogen and oxygen atoms in total. The number of amides is 1. The van der Waals surface area contributed by atoms with Gasteiger partial charge in [-0.05, 0) is 32.6 Å². The van der Waals surface area contributed by atoms with Gasteiger partial charge in [-0.3, -0.25) is 4.79 Å². The molecular weight excluding hydrogens is 192 g/mol. The minimum Gasteiger partial charge on any atom is -0.396 e. The van der Waals surface area contributed by atoms with E-state index in [1.54, 1.807) is 0 Å². The predicted molar refractivity (Wildman–Crippen MR) is 59.3 cm³/mol. The van der Waals surface area contributed by atoms with Crippen LogP contribution in [-0.4, -0.2) is 41.1 Å². The van der Waals surface area contributed by atoms with Gasteiger partial charge in [0.15, 0.2) is 0 Å². The number of hydrogen-bond acceptors (Lipinski definition) is 3. The molecule has 1 aliphatic heterocycles. The molecule has 0 bridgehead atoms. The Hall–Kier alpha value is -0.610. The van der Waals surface area contributed by atoms with Crippen molar-refractivity contribution in [2.45, 2.75) is 51.1 Å². The topological polar surface area (TPSA) is 66.6 Å². The number of likely N-dealkylation sites (tertiary alicyclic amines) is 1. The van der Waals surface area contributed by atoms with E-state index >= 15 is 0 Å². The summed E-state index contributed by atoms with van der Waals surface area (Å²) in [4.78, 5) is 13.8. The molecule has 3 N–H and O–H groups in total. The molecule has 2 atom stereocenters. The zero-order valence-electron chi connectivity index (χ0n) is 9.48. The Morgan fingerprint density at radius 3 is 3.00 bits per heavy atom. The highest BCUT2D eigenvalue weighted by atomic mass is 16.3. The fourth-order valence-corrected chi connectivity index (χ4v) is 2.18. The molecule has 1 aliphatic rings. The number of aliphatic hydroxyl groups is 1. The average molecular weight is 214 g/mol. The lowest BCUT2D eigenvalue weighted by atomic mass is 10.1. The lowest BCUT2D eigenvalue weighted by molar-refractivity contribution is -0.132. The Kier molecular flexibility index (Phi) is 5.05. The number of nitrogens with zero attached hydrogens (tertiary/aromatic N) is 1. The third kappa shape index (κ3) is 3.80. The molecule has 0 saturated carbocycles. The van der Waals surface area contributed by atoms with Crippen LogP contribution >= 0.6 is 0 Å². The van der Waals surface area contributed by atoms with Crippen molar-refractivity contribution < 1.29 is 9.90 Å². The van der Waals surface area contributed by atoms with Gasteiger partial charge in [-0.25, -0.2) is 0 Å². The SMILES string of the molecule is CC(N)CC(=O)N1CCCC1CCCO. The fraction of sp³-hybridized carbons (Fsp3) is 0.909. The second-order valence-electron chi connectivity index (χ2n) is 4.43. The molecule has 0 radical (unpaired) electrons. The molecule has 0 spiro atoms. The average Bonchev–Trinajstić information content (AvgIpc) is 2.61. The van der Waals surface area contributed by atoms with E-state index in [-0.39, 0.29) is 18.6 Å². The van der Waals surface area contributed by atoms with Gasteiger partial charge in [0.25, 0.3) is 0 Å². The highest BCUT2D eigenvalue weighted by Crippen LogP contribution is 2.22. The number of nitrogens with two attached hydrogens (primary N) is 1. The number of hydrogen-bond donors (Lipinski definition) is 2. The first kappa shape index (κ1) is 12.5. The number of carbonyl (C=O) groups excluding carboxylic acids is 1. The lowest BCUT2D eigenvalue weighted by Gasteiger charge is -2.25. The van der Waals surface area contributed by atoms with Gasteiger partial charge in [0.2, 0.25) is 5.91 Å². The van der Waals surface area contributed by atoms with E-state index in [9.17, 15) is 4.79 Å². The third-order valence-electron chi connectivity index (χ3n) is 2.89. The van der Waals surface area contributed by atoms with Gasteiger partial charge in [-0.15, -0.1) is 0 Å². The first-order chi connectivity index (χ1) is 7.15. The van der Waals surface area contributed by atoms with Crippen LogP contribution in [0.5, 0.6) is 0 Å². The van der Waals surface area contributed by atoms with E-state index in [0.29, 0.717) is 12.5 Å². The van der Waals surface area contributed by atoms with Crippen LogP contribution in [-0.2, 0) is 4.79 Å². The first-order valence-corrected chi connectivity index (χ1v) is 5.81. The fourth-order valence-electron chi connectivity index (χ4n) is 2.18. The van der Waals surface area contributed by atoms with Crippen molar-refractivity contribution in [3.05, 3.63) is 0 Å². The maximum absolute atomic E-state index is 11.8. The highest BCUT2D eigenvalue weighted by Gasteiger charge is 2.28. The second-order valence-corrected chi connectivity index (χ2v) is 4.43. The van der Waals surface area contributed by atoms with Crippen molar-refractivity contribution in [1.29, 1.82) is 0 Å². The third-order valence-corrected chi connectivity index (χ3v) is 2.89. The molecule has 1 saturated heterocycles. The van der Waals surface area contributed by atoms with Crippen LogP contribution in [0.2, 0.25) is 0 Å². The van der Waals surface area contributed by atoms with Crippen molar-refractivity contribution in [1.82, 2.24) is 4.90 Å². The number of aliphatic hydroxyl groups excluding tert-OH is 1. The van der Waals surface area contributed by atoms with Crippen LogP contribution in [0.4, 0.5) is 0 Å². The Balaban J connectivity index is 2.41. The minimum absolute atomic E-state index is 0.0587. The van der Waals surface area contributed by atoms with Gasteiger partial charge in [0.05, 0.1) is 0 Å². The maximum atomic E-state index is 11.8. The molecule has 1 rings (SSSR count). The second kappa shape index (κ2) is 6.08. The van der Waals surface area contributed by atoms with Gasteiger partial charge in [-0.1, -0.05) is 0 Å². The first-order valence-electron chi connectivity index (χ1n) is 5.81. The number of carbonyl (C=O) groups is 1. The van der Waals surface area contributed by atoms with E-state index in [4.69, 9.17) is 10.8 Å².